The van der Waals surface area contributed by atoms with Crippen molar-refractivity contribution in [1.82, 2.24) is 15.1 Å². The first kappa shape index (κ1) is 17.7. The van der Waals surface area contributed by atoms with Crippen LogP contribution in [0.15, 0.2) is 5.38 Å². The lowest BCUT2D eigenvalue weighted by molar-refractivity contribution is -0.136. The number of thiophene rings is 1. The number of imide groups is 1. The van der Waals surface area contributed by atoms with Crippen molar-refractivity contribution in [3.8, 4) is 0 Å². The molecule has 7 heteroatoms. The third-order valence-electron chi connectivity index (χ3n) is 5.96. The number of hydrogen-bond donors (Lipinski definition) is 1. The molecule has 1 N–H and O–H groups in total. The highest BCUT2D eigenvalue weighted by Gasteiger charge is 2.41. The van der Waals surface area contributed by atoms with Gasteiger partial charge in [0.2, 0.25) is 11.8 Å². The van der Waals surface area contributed by atoms with E-state index in [1.54, 1.807) is 16.2 Å². The van der Waals surface area contributed by atoms with Crippen LogP contribution in [0.3, 0.4) is 0 Å². The van der Waals surface area contributed by atoms with Crippen LogP contribution in [0, 0.1) is 0 Å². The molecule has 1 atom stereocenters. The van der Waals surface area contributed by atoms with E-state index in [0.717, 1.165) is 37.1 Å². The largest absolute Gasteiger partial charge is 0.322 e. The van der Waals surface area contributed by atoms with Gasteiger partial charge in [-0.3, -0.25) is 19.7 Å². The molecule has 0 radical (unpaired) electrons. The van der Waals surface area contributed by atoms with E-state index >= 15 is 0 Å². The Morgan fingerprint density at radius 3 is 2.54 bits per heavy atom. The van der Waals surface area contributed by atoms with Gasteiger partial charge in [0.05, 0.1) is 5.56 Å². The Kier molecular flexibility index (Phi) is 4.61. The van der Waals surface area contributed by atoms with E-state index in [1.807, 2.05) is 5.38 Å². The maximum Gasteiger partial charge on any atom is 0.256 e. The standard InChI is InChI=1S/C19H25N3O3S/c1-11(2)21-7-5-12(6-8-21)17-13-9-22(19(25)14(13)10-26-17)15-3-4-16(23)20-18(15)24/h10-12,15H,3-9H2,1-2H3,(H,20,23,24). The second-order valence-corrected chi connectivity index (χ2v) is 8.71. The summed E-state index contributed by atoms with van der Waals surface area (Å²) in [6.45, 7) is 7.17. The Balaban J connectivity index is 1.50. The van der Waals surface area contributed by atoms with Gasteiger partial charge in [0.1, 0.15) is 6.04 Å². The Hall–Kier alpha value is -1.73. The fourth-order valence-electron chi connectivity index (χ4n) is 4.39. The first-order valence-electron chi connectivity index (χ1n) is 9.44. The fourth-order valence-corrected chi connectivity index (χ4v) is 5.62. The zero-order valence-electron chi connectivity index (χ0n) is 15.3. The predicted octanol–water partition coefficient (Wildman–Crippen LogP) is 2.10. The topological polar surface area (TPSA) is 69.7 Å². The second kappa shape index (κ2) is 6.78. The monoisotopic (exact) mass is 375 g/mol. The molecule has 3 aliphatic rings. The van der Waals surface area contributed by atoms with Crippen molar-refractivity contribution in [2.24, 2.45) is 0 Å². The number of likely N-dealkylation sites (tertiary alicyclic amines) is 1. The van der Waals surface area contributed by atoms with Gasteiger partial charge in [0.15, 0.2) is 0 Å². The lowest BCUT2D eigenvalue weighted by Gasteiger charge is -2.34. The summed E-state index contributed by atoms with van der Waals surface area (Å²) in [6.07, 6.45) is 2.97. The molecular weight excluding hydrogens is 350 g/mol. The van der Waals surface area contributed by atoms with Crippen LogP contribution in [0.2, 0.25) is 0 Å². The number of fused-ring (bicyclic) bond motifs is 1. The van der Waals surface area contributed by atoms with Gasteiger partial charge in [-0.2, -0.15) is 0 Å². The molecular formula is C19H25N3O3S. The van der Waals surface area contributed by atoms with Crippen LogP contribution >= 0.6 is 11.3 Å². The first-order chi connectivity index (χ1) is 12.5. The zero-order chi connectivity index (χ0) is 18.4. The minimum Gasteiger partial charge on any atom is -0.322 e. The van der Waals surface area contributed by atoms with Gasteiger partial charge in [-0.05, 0) is 57.7 Å². The summed E-state index contributed by atoms with van der Waals surface area (Å²) < 4.78 is 0. The van der Waals surface area contributed by atoms with Gasteiger partial charge in [-0.25, -0.2) is 0 Å². The van der Waals surface area contributed by atoms with Crippen molar-refractivity contribution < 1.29 is 14.4 Å². The van der Waals surface area contributed by atoms with E-state index in [0.29, 0.717) is 31.3 Å². The van der Waals surface area contributed by atoms with E-state index in [9.17, 15) is 14.4 Å². The molecule has 0 spiro atoms. The summed E-state index contributed by atoms with van der Waals surface area (Å²) in [4.78, 5) is 41.9. The minimum absolute atomic E-state index is 0.0587. The van der Waals surface area contributed by atoms with Crippen molar-refractivity contribution >= 4 is 29.1 Å². The zero-order valence-corrected chi connectivity index (χ0v) is 16.1. The maximum atomic E-state index is 12.8. The Labute approximate surface area is 157 Å². The molecule has 26 heavy (non-hydrogen) atoms. The number of hydrogen-bond acceptors (Lipinski definition) is 5. The van der Waals surface area contributed by atoms with Crippen LogP contribution in [-0.2, 0) is 16.1 Å². The average molecular weight is 375 g/mol. The lowest BCUT2D eigenvalue weighted by atomic mass is 9.92. The normalized spacial score (nSPS) is 25.1. The highest BCUT2D eigenvalue weighted by molar-refractivity contribution is 7.10. The molecule has 3 aliphatic heterocycles. The molecule has 2 fully saturated rings. The molecule has 6 nitrogen and oxygen atoms in total. The van der Waals surface area contributed by atoms with Crippen molar-refractivity contribution in [1.29, 1.82) is 0 Å². The predicted molar refractivity (Wildman–Crippen MR) is 99.0 cm³/mol. The molecule has 1 unspecified atom stereocenters. The molecule has 0 aromatic carbocycles. The highest BCUT2D eigenvalue weighted by Crippen LogP contribution is 2.41. The first-order valence-corrected chi connectivity index (χ1v) is 10.3. The van der Waals surface area contributed by atoms with E-state index in [1.165, 1.54) is 4.88 Å². The van der Waals surface area contributed by atoms with Gasteiger partial charge in [0.25, 0.3) is 5.91 Å². The van der Waals surface area contributed by atoms with Crippen molar-refractivity contribution in [2.75, 3.05) is 13.1 Å². The van der Waals surface area contributed by atoms with Crippen LogP contribution in [0.5, 0.6) is 0 Å². The second-order valence-electron chi connectivity index (χ2n) is 7.80. The molecule has 2 saturated heterocycles. The Bertz CT molecular complexity index is 749. The van der Waals surface area contributed by atoms with Crippen LogP contribution in [0.1, 0.15) is 66.2 Å². The highest BCUT2D eigenvalue weighted by atomic mass is 32.1. The van der Waals surface area contributed by atoms with E-state index in [4.69, 9.17) is 0 Å². The number of rotatable bonds is 3. The summed E-state index contributed by atoms with van der Waals surface area (Å²) in [5, 5.41) is 4.33. The summed E-state index contributed by atoms with van der Waals surface area (Å²) in [7, 11) is 0. The number of carbonyl (C=O) groups is 3. The van der Waals surface area contributed by atoms with Crippen molar-refractivity contribution in [3.05, 3.63) is 21.4 Å². The third-order valence-corrected chi connectivity index (χ3v) is 7.15. The minimum atomic E-state index is -0.520. The van der Waals surface area contributed by atoms with Crippen LogP contribution < -0.4 is 5.32 Å². The number of piperidine rings is 2. The van der Waals surface area contributed by atoms with Crippen LogP contribution in [0.4, 0.5) is 0 Å². The number of nitrogens with one attached hydrogen (secondary N) is 1. The number of nitrogens with zero attached hydrogens (tertiary/aromatic N) is 2. The molecule has 0 aliphatic carbocycles. The van der Waals surface area contributed by atoms with Crippen molar-refractivity contribution in [2.45, 2.75) is 64.1 Å². The van der Waals surface area contributed by atoms with E-state index in [2.05, 4.69) is 24.1 Å². The van der Waals surface area contributed by atoms with E-state index < -0.39 is 6.04 Å². The summed E-state index contributed by atoms with van der Waals surface area (Å²) in [6, 6.07) is 0.0582. The van der Waals surface area contributed by atoms with Gasteiger partial charge < -0.3 is 9.80 Å². The van der Waals surface area contributed by atoms with Crippen LogP contribution in [-0.4, -0.2) is 52.7 Å². The summed E-state index contributed by atoms with van der Waals surface area (Å²) in [5.41, 5.74) is 1.88. The van der Waals surface area contributed by atoms with Gasteiger partial charge in [0, 0.05) is 29.3 Å². The summed E-state index contributed by atoms with van der Waals surface area (Å²) in [5.74, 6) is -0.134. The molecule has 1 aromatic heterocycles. The Morgan fingerprint density at radius 2 is 1.88 bits per heavy atom. The number of carbonyl (C=O) groups excluding carboxylic acids is 3. The van der Waals surface area contributed by atoms with Crippen molar-refractivity contribution in [3.63, 3.8) is 0 Å². The molecule has 0 saturated carbocycles. The summed E-state index contributed by atoms with van der Waals surface area (Å²) >= 11 is 1.70. The maximum absolute atomic E-state index is 12.8. The Morgan fingerprint density at radius 1 is 1.15 bits per heavy atom. The molecule has 4 heterocycles. The molecule has 4 rings (SSSR count). The van der Waals surface area contributed by atoms with Crippen LogP contribution in [0.25, 0.3) is 0 Å². The smallest absolute Gasteiger partial charge is 0.256 e. The fraction of sp³-hybridized carbons (Fsp3) is 0.632. The average Bonchev–Trinajstić information content (AvgIpc) is 3.16. The SMILES string of the molecule is CC(C)N1CCC(c2scc3c2CN(C2CCC(=O)NC2=O)C3=O)CC1. The quantitative estimate of drug-likeness (QED) is 0.822. The van der Waals surface area contributed by atoms with Gasteiger partial charge >= 0.3 is 0 Å². The molecule has 0 bridgehead atoms. The molecule has 1 aromatic rings. The lowest BCUT2D eigenvalue weighted by Crippen LogP contribution is -2.52. The third kappa shape index (κ3) is 2.97. The van der Waals surface area contributed by atoms with E-state index in [-0.39, 0.29) is 17.7 Å². The number of amides is 3. The van der Waals surface area contributed by atoms with Gasteiger partial charge in [-0.1, -0.05) is 0 Å². The molecule has 3 amide bonds. The molecule has 140 valence electrons. The van der Waals surface area contributed by atoms with Gasteiger partial charge in [-0.15, -0.1) is 11.3 Å².